The molecule has 3 rings (SSSR count). The summed E-state index contributed by atoms with van der Waals surface area (Å²) in [4.78, 5) is 32.6. The van der Waals surface area contributed by atoms with Crippen molar-refractivity contribution in [2.75, 3.05) is 26.2 Å². The first-order valence-corrected chi connectivity index (χ1v) is 10.5. The lowest BCUT2D eigenvalue weighted by Gasteiger charge is -2.48. The van der Waals surface area contributed by atoms with Gasteiger partial charge in [0.1, 0.15) is 0 Å². The van der Waals surface area contributed by atoms with Gasteiger partial charge in [0.05, 0.1) is 0 Å². The van der Waals surface area contributed by atoms with E-state index >= 15 is 0 Å². The van der Waals surface area contributed by atoms with Crippen LogP contribution in [0.3, 0.4) is 0 Å². The SMILES string of the molecule is Cc1c[nH]c(CN2CCCC3(CCC(=O)N(CCC(C)C)C3)C2)c(C)c1=O. The Kier molecular flexibility index (Phi) is 6.09. The second-order valence-electron chi connectivity index (χ2n) is 9.22. The number of hydrogen-bond acceptors (Lipinski definition) is 3. The minimum absolute atomic E-state index is 0.151. The zero-order chi connectivity index (χ0) is 19.6. The molecule has 0 radical (unpaired) electrons. The highest BCUT2D eigenvalue weighted by atomic mass is 16.2. The zero-order valence-electron chi connectivity index (χ0n) is 17.4. The molecule has 0 bridgehead atoms. The maximum Gasteiger partial charge on any atom is 0.222 e. The molecule has 2 aliphatic heterocycles. The van der Waals surface area contributed by atoms with Gasteiger partial charge in [-0.1, -0.05) is 13.8 Å². The van der Waals surface area contributed by atoms with Crippen molar-refractivity contribution in [3.05, 3.63) is 33.2 Å². The molecule has 1 spiro atoms. The Balaban J connectivity index is 1.69. The molecule has 2 aliphatic rings. The number of H-pyrrole nitrogens is 1. The van der Waals surface area contributed by atoms with Crippen LogP contribution >= 0.6 is 0 Å². The summed E-state index contributed by atoms with van der Waals surface area (Å²) in [7, 11) is 0. The van der Waals surface area contributed by atoms with Crippen LogP contribution in [0.25, 0.3) is 0 Å². The Morgan fingerprint density at radius 3 is 2.70 bits per heavy atom. The molecule has 27 heavy (non-hydrogen) atoms. The molecule has 2 saturated heterocycles. The topological polar surface area (TPSA) is 56.4 Å². The number of nitrogens with one attached hydrogen (secondary N) is 1. The summed E-state index contributed by atoms with van der Waals surface area (Å²) in [5.41, 5.74) is 3.02. The van der Waals surface area contributed by atoms with E-state index < -0.39 is 0 Å². The Labute approximate surface area is 163 Å². The standard InChI is InChI=1S/C22H35N3O2/c1-16(2)7-11-25-15-22(9-6-20(25)26)8-5-10-24(14-22)13-19-18(4)21(27)17(3)12-23-19/h12,16H,5-11,13-15H2,1-4H3,(H,23,27). The second-order valence-corrected chi connectivity index (χ2v) is 9.22. The molecule has 1 aromatic rings. The van der Waals surface area contributed by atoms with E-state index in [9.17, 15) is 9.59 Å². The van der Waals surface area contributed by atoms with E-state index in [0.717, 1.165) is 62.4 Å². The number of aryl methyl sites for hydroxylation is 1. The van der Waals surface area contributed by atoms with Crippen LogP contribution in [0.2, 0.25) is 0 Å². The lowest BCUT2D eigenvalue weighted by atomic mass is 9.73. The molecule has 1 amide bonds. The van der Waals surface area contributed by atoms with Gasteiger partial charge in [-0.25, -0.2) is 0 Å². The predicted molar refractivity (Wildman–Crippen MR) is 109 cm³/mol. The molecule has 1 aromatic heterocycles. The number of carbonyl (C=O) groups is 1. The fourth-order valence-electron chi connectivity index (χ4n) is 4.69. The fraction of sp³-hybridized carbons (Fsp3) is 0.727. The van der Waals surface area contributed by atoms with Crippen molar-refractivity contribution >= 4 is 5.91 Å². The van der Waals surface area contributed by atoms with Gasteiger partial charge in [-0.05, 0) is 52.0 Å². The van der Waals surface area contributed by atoms with Gasteiger partial charge in [-0.15, -0.1) is 0 Å². The van der Waals surface area contributed by atoms with Crippen molar-refractivity contribution in [2.45, 2.75) is 66.3 Å². The normalized spacial score (nSPS) is 24.2. The number of nitrogens with zero attached hydrogens (tertiary/aromatic N) is 2. The van der Waals surface area contributed by atoms with E-state index in [4.69, 9.17) is 0 Å². The molecule has 1 N–H and O–H groups in total. The number of piperidine rings is 2. The van der Waals surface area contributed by atoms with Crippen LogP contribution in [-0.4, -0.2) is 46.9 Å². The first-order chi connectivity index (χ1) is 12.8. The van der Waals surface area contributed by atoms with E-state index in [1.54, 1.807) is 0 Å². The molecular formula is C22H35N3O2. The number of pyridine rings is 1. The predicted octanol–water partition coefficient (Wildman–Crippen LogP) is 3.24. The fourth-order valence-corrected chi connectivity index (χ4v) is 4.69. The molecule has 1 atom stereocenters. The maximum absolute atomic E-state index is 12.4. The van der Waals surface area contributed by atoms with Crippen molar-refractivity contribution < 1.29 is 4.79 Å². The van der Waals surface area contributed by atoms with Crippen molar-refractivity contribution in [3.8, 4) is 0 Å². The van der Waals surface area contributed by atoms with Crippen LogP contribution < -0.4 is 5.43 Å². The van der Waals surface area contributed by atoms with Gasteiger partial charge in [0.15, 0.2) is 5.43 Å². The number of aromatic nitrogens is 1. The van der Waals surface area contributed by atoms with E-state index in [0.29, 0.717) is 18.2 Å². The maximum atomic E-state index is 12.4. The third-order valence-electron chi connectivity index (χ3n) is 6.46. The lowest BCUT2D eigenvalue weighted by molar-refractivity contribution is -0.139. The number of likely N-dealkylation sites (tertiary alicyclic amines) is 2. The number of aromatic amines is 1. The average molecular weight is 374 g/mol. The monoisotopic (exact) mass is 373 g/mol. The Morgan fingerprint density at radius 1 is 1.19 bits per heavy atom. The minimum atomic E-state index is 0.151. The minimum Gasteiger partial charge on any atom is -0.363 e. The summed E-state index contributed by atoms with van der Waals surface area (Å²) in [5, 5.41) is 0. The smallest absolute Gasteiger partial charge is 0.222 e. The number of carbonyl (C=O) groups excluding carboxylic acids is 1. The average Bonchev–Trinajstić information content (AvgIpc) is 2.63. The van der Waals surface area contributed by atoms with E-state index in [1.807, 2.05) is 20.0 Å². The third kappa shape index (κ3) is 4.63. The Hall–Kier alpha value is -1.62. The molecule has 150 valence electrons. The van der Waals surface area contributed by atoms with Gasteiger partial charge in [0.25, 0.3) is 0 Å². The molecule has 2 fully saturated rings. The van der Waals surface area contributed by atoms with Gasteiger partial charge < -0.3 is 9.88 Å². The van der Waals surface area contributed by atoms with Crippen molar-refractivity contribution in [1.29, 1.82) is 0 Å². The van der Waals surface area contributed by atoms with Crippen molar-refractivity contribution in [3.63, 3.8) is 0 Å². The molecule has 0 saturated carbocycles. The van der Waals surface area contributed by atoms with Gasteiger partial charge >= 0.3 is 0 Å². The Morgan fingerprint density at radius 2 is 1.96 bits per heavy atom. The van der Waals surface area contributed by atoms with E-state index in [-0.39, 0.29) is 10.8 Å². The summed E-state index contributed by atoms with van der Waals surface area (Å²) < 4.78 is 0. The highest BCUT2D eigenvalue weighted by Crippen LogP contribution is 2.39. The van der Waals surface area contributed by atoms with Crippen molar-refractivity contribution in [2.24, 2.45) is 11.3 Å². The summed E-state index contributed by atoms with van der Waals surface area (Å²) in [5.74, 6) is 0.956. The van der Waals surface area contributed by atoms with Crippen LogP contribution in [0, 0.1) is 25.2 Å². The summed E-state index contributed by atoms with van der Waals surface area (Å²) >= 11 is 0. The second kappa shape index (κ2) is 8.17. The summed E-state index contributed by atoms with van der Waals surface area (Å²) in [6, 6.07) is 0. The van der Waals surface area contributed by atoms with Gasteiger partial charge in [0.2, 0.25) is 5.91 Å². The first kappa shape index (κ1) is 20.1. The number of amides is 1. The lowest BCUT2D eigenvalue weighted by Crippen LogP contribution is -2.54. The Bertz CT molecular complexity index is 740. The molecule has 1 unspecified atom stereocenters. The largest absolute Gasteiger partial charge is 0.363 e. The highest BCUT2D eigenvalue weighted by molar-refractivity contribution is 5.77. The van der Waals surface area contributed by atoms with Crippen LogP contribution in [0.5, 0.6) is 0 Å². The van der Waals surface area contributed by atoms with Crippen LogP contribution in [0.4, 0.5) is 0 Å². The molecule has 0 aromatic carbocycles. The quantitative estimate of drug-likeness (QED) is 0.862. The highest BCUT2D eigenvalue weighted by Gasteiger charge is 2.41. The van der Waals surface area contributed by atoms with Gasteiger partial charge in [-0.3, -0.25) is 14.5 Å². The number of rotatable bonds is 5. The van der Waals surface area contributed by atoms with E-state index in [1.165, 1.54) is 12.8 Å². The van der Waals surface area contributed by atoms with Crippen molar-refractivity contribution in [1.82, 2.24) is 14.8 Å². The van der Waals surface area contributed by atoms with Crippen LogP contribution in [0.1, 0.15) is 62.8 Å². The summed E-state index contributed by atoms with van der Waals surface area (Å²) in [6.07, 6.45) is 6.97. The van der Waals surface area contributed by atoms with Crippen LogP contribution in [0.15, 0.2) is 11.0 Å². The number of hydrogen-bond donors (Lipinski definition) is 1. The van der Waals surface area contributed by atoms with Gasteiger partial charge in [0, 0.05) is 61.0 Å². The van der Waals surface area contributed by atoms with Gasteiger partial charge in [-0.2, -0.15) is 0 Å². The van der Waals surface area contributed by atoms with E-state index in [2.05, 4.69) is 28.6 Å². The molecular weight excluding hydrogens is 338 g/mol. The van der Waals surface area contributed by atoms with Crippen LogP contribution in [-0.2, 0) is 11.3 Å². The zero-order valence-corrected chi connectivity index (χ0v) is 17.4. The molecule has 5 heteroatoms. The summed E-state index contributed by atoms with van der Waals surface area (Å²) in [6.45, 7) is 12.9. The molecule has 5 nitrogen and oxygen atoms in total. The molecule has 3 heterocycles. The first-order valence-electron chi connectivity index (χ1n) is 10.5. The third-order valence-corrected chi connectivity index (χ3v) is 6.46. The molecule has 0 aliphatic carbocycles.